The summed E-state index contributed by atoms with van der Waals surface area (Å²) in [7, 11) is 0. The Morgan fingerprint density at radius 3 is 2.24 bits per heavy atom. The second-order valence-corrected chi connectivity index (χ2v) is 4.91. The molecule has 2 nitrogen and oxygen atoms in total. The number of pyridine rings is 1. The number of hydrogen-bond acceptors (Lipinski definition) is 2. The molecule has 0 unspecified atom stereocenters. The summed E-state index contributed by atoms with van der Waals surface area (Å²) in [4.78, 5) is 4.51. The van der Waals surface area contributed by atoms with Gasteiger partial charge < -0.3 is 4.74 Å². The van der Waals surface area contributed by atoms with E-state index in [0.29, 0.717) is 6.61 Å². The highest BCUT2D eigenvalue weighted by Gasteiger charge is 2.05. The van der Waals surface area contributed by atoms with Gasteiger partial charge in [0.05, 0.1) is 6.61 Å². The third-order valence-electron chi connectivity index (χ3n) is 3.35. The van der Waals surface area contributed by atoms with E-state index < -0.39 is 0 Å². The van der Waals surface area contributed by atoms with Crippen LogP contribution in [0.2, 0.25) is 0 Å². The van der Waals surface area contributed by atoms with E-state index in [9.17, 15) is 4.39 Å². The monoisotopic (exact) mass is 341 g/mol. The number of halogens is 1. The average molecular weight is 341 g/mol. The molecule has 0 bridgehead atoms. The molecule has 0 aliphatic heterocycles. The molecule has 134 valence electrons. The van der Waals surface area contributed by atoms with Gasteiger partial charge >= 0.3 is 0 Å². The van der Waals surface area contributed by atoms with Crippen LogP contribution in [0.5, 0.6) is 5.75 Å². The minimum Gasteiger partial charge on any atom is -0.492 e. The van der Waals surface area contributed by atoms with Crippen LogP contribution in [-0.4, -0.2) is 11.6 Å². The highest BCUT2D eigenvalue weighted by atomic mass is 19.1. The van der Waals surface area contributed by atoms with Crippen LogP contribution < -0.4 is 4.74 Å². The first-order valence-electron chi connectivity index (χ1n) is 9.01. The van der Waals surface area contributed by atoms with E-state index in [1.165, 1.54) is 12.1 Å². The Morgan fingerprint density at radius 1 is 0.920 bits per heavy atom. The lowest BCUT2D eigenvalue weighted by Crippen LogP contribution is -1.95. The molecule has 2 aromatic carbocycles. The number of rotatable bonds is 4. The van der Waals surface area contributed by atoms with E-state index in [2.05, 4.69) is 11.1 Å². The van der Waals surface area contributed by atoms with Crippen LogP contribution in [0.15, 0.2) is 54.7 Å². The molecule has 0 saturated heterocycles. The summed E-state index contributed by atoms with van der Waals surface area (Å²) in [5, 5.41) is 1.06. The van der Waals surface area contributed by atoms with Crippen molar-refractivity contribution in [3.8, 4) is 5.75 Å². The second-order valence-electron chi connectivity index (χ2n) is 4.91. The van der Waals surface area contributed by atoms with Crippen molar-refractivity contribution >= 4 is 10.9 Å². The van der Waals surface area contributed by atoms with Gasteiger partial charge in [0.15, 0.2) is 0 Å². The van der Waals surface area contributed by atoms with Gasteiger partial charge in [0.25, 0.3) is 0 Å². The molecule has 3 rings (SSSR count). The standard InChI is InChI=1S/C18H16FNO.2C2H6/c1-2-21-17-5-3-4-15-11-14(12-20-18(15)17)10-13-6-8-16(19)9-7-13;2*1-2/h3-9,11-12H,2,10H2,1H3;2*1-2H3. The average Bonchev–Trinajstić information content (AvgIpc) is 2.67. The second kappa shape index (κ2) is 11.2. The highest BCUT2D eigenvalue weighted by molar-refractivity contribution is 5.84. The molecular formula is C22H28FNO. The van der Waals surface area contributed by atoms with Gasteiger partial charge in [-0.2, -0.15) is 0 Å². The molecule has 0 aliphatic rings. The first kappa shape index (κ1) is 20.6. The van der Waals surface area contributed by atoms with Gasteiger partial charge in [0.2, 0.25) is 0 Å². The summed E-state index contributed by atoms with van der Waals surface area (Å²) >= 11 is 0. The quantitative estimate of drug-likeness (QED) is 0.546. The molecule has 0 fully saturated rings. The van der Waals surface area contributed by atoms with E-state index in [1.807, 2.05) is 59.0 Å². The van der Waals surface area contributed by atoms with Crippen molar-refractivity contribution in [1.29, 1.82) is 0 Å². The van der Waals surface area contributed by atoms with Gasteiger partial charge in [0.1, 0.15) is 17.1 Å². The third kappa shape index (κ3) is 5.86. The predicted molar refractivity (Wildman–Crippen MR) is 105 cm³/mol. The topological polar surface area (TPSA) is 22.1 Å². The van der Waals surface area contributed by atoms with Crippen LogP contribution in [0.1, 0.15) is 45.7 Å². The molecule has 0 saturated carbocycles. The number of para-hydroxylation sites is 1. The third-order valence-corrected chi connectivity index (χ3v) is 3.35. The lowest BCUT2D eigenvalue weighted by atomic mass is 10.0. The van der Waals surface area contributed by atoms with Crippen LogP contribution in [-0.2, 0) is 6.42 Å². The summed E-state index contributed by atoms with van der Waals surface area (Å²) in [5.74, 6) is 0.597. The summed E-state index contributed by atoms with van der Waals surface area (Å²) < 4.78 is 18.5. The van der Waals surface area contributed by atoms with Crippen LogP contribution in [0.25, 0.3) is 10.9 Å². The SMILES string of the molecule is CC.CC.CCOc1cccc2cc(Cc3ccc(F)cc3)cnc12. The highest BCUT2D eigenvalue weighted by Crippen LogP contribution is 2.24. The Morgan fingerprint density at radius 2 is 1.60 bits per heavy atom. The Labute approximate surface area is 150 Å². The van der Waals surface area contributed by atoms with Crippen LogP contribution in [0.3, 0.4) is 0 Å². The maximum atomic E-state index is 12.9. The van der Waals surface area contributed by atoms with Crippen LogP contribution in [0, 0.1) is 5.82 Å². The molecular weight excluding hydrogens is 313 g/mol. The molecule has 25 heavy (non-hydrogen) atoms. The van der Waals surface area contributed by atoms with Crippen molar-refractivity contribution < 1.29 is 9.13 Å². The molecule has 1 aromatic heterocycles. The molecule has 0 atom stereocenters. The molecule has 3 aromatic rings. The first-order valence-corrected chi connectivity index (χ1v) is 9.01. The normalized spacial score (nSPS) is 9.52. The minimum absolute atomic E-state index is 0.211. The predicted octanol–water partition coefficient (Wildman–Crippen LogP) is 6.42. The molecule has 0 radical (unpaired) electrons. The fourth-order valence-corrected chi connectivity index (χ4v) is 2.39. The van der Waals surface area contributed by atoms with Gasteiger partial charge in [0, 0.05) is 11.6 Å². The van der Waals surface area contributed by atoms with Crippen LogP contribution in [0.4, 0.5) is 4.39 Å². The number of hydrogen-bond donors (Lipinski definition) is 0. The summed E-state index contributed by atoms with van der Waals surface area (Å²) in [6.45, 7) is 10.6. The first-order chi connectivity index (χ1) is 12.3. The van der Waals surface area contributed by atoms with E-state index in [1.54, 1.807) is 12.1 Å². The molecule has 0 amide bonds. The lowest BCUT2D eigenvalue weighted by Gasteiger charge is -2.08. The van der Waals surface area contributed by atoms with Gasteiger partial charge in [-0.1, -0.05) is 52.0 Å². The largest absolute Gasteiger partial charge is 0.492 e. The van der Waals surface area contributed by atoms with Crippen molar-refractivity contribution in [3.63, 3.8) is 0 Å². The Kier molecular flexibility index (Phi) is 9.23. The number of fused-ring (bicyclic) bond motifs is 1. The van der Waals surface area contributed by atoms with Gasteiger partial charge in [-0.05, 0) is 48.7 Å². The lowest BCUT2D eigenvalue weighted by molar-refractivity contribution is 0.343. The zero-order chi connectivity index (χ0) is 18.7. The fourth-order valence-electron chi connectivity index (χ4n) is 2.39. The molecule has 3 heteroatoms. The van der Waals surface area contributed by atoms with E-state index in [0.717, 1.165) is 34.2 Å². The summed E-state index contributed by atoms with van der Waals surface area (Å²) in [6, 6.07) is 14.6. The zero-order valence-corrected chi connectivity index (χ0v) is 15.8. The Hall–Kier alpha value is -2.42. The van der Waals surface area contributed by atoms with Gasteiger partial charge in [-0.15, -0.1) is 0 Å². The van der Waals surface area contributed by atoms with Crippen molar-refractivity contribution in [3.05, 3.63) is 71.7 Å². The van der Waals surface area contributed by atoms with Crippen molar-refractivity contribution in [2.24, 2.45) is 0 Å². The maximum absolute atomic E-state index is 12.9. The zero-order valence-electron chi connectivity index (χ0n) is 15.8. The van der Waals surface area contributed by atoms with E-state index in [4.69, 9.17) is 4.74 Å². The van der Waals surface area contributed by atoms with E-state index >= 15 is 0 Å². The van der Waals surface area contributed by atoms with Crippen LogP contribution >= 0.6 is 0 Å². The minimum atomic E-state index is -0.211. The summed E-state index contributed by atoms with van der Waals surface area (Å²) in [6.07, 6.45) is 2.59. The van der Waals surface area contributed by atoms with Crippen molar-refractivity contribution in [2.45, 2.75) is 41.0 Å². The molecule has 1 heterocycles. The number of nitrogens with zero attached hydrogens (tertiary/aromatic N) is 1. The summed E-state index contributed by atoms with van der Waals surface area (Å²) in [5.41, 5.74) is 3.04. The van der Waals surface area contributed by atoms with Gasteiger partial charge in [-0.3, -0.25) is 4.98 Å². The number of aromatic nitrogens is 1. The molecule has 0 spiro atoms. The van der Waals surface area contributed by atoms with Gasteiger partial charge in [-0.25, -0.2) is 4.39 Å². The smallest absolute Gasteiger partial charge is 0.145 e. The Bertz CT molecular complexity index is 754. The number of ether oxygens (including phenoxy) is 1. The fraction of sp³-hybridized carbons (Fsp3) is 0.318. The van der Waals surface area contributed by atoms with Crippen molar-refractivity contribution in [1.82, 2.24) is 4.98 Å². The molecule has 0 N–H and O–H groups in total. The maximum Gasteiger partial charge on any atom is 0.145 e. The Balaban J connectivity index is 0.000000730. The van der Waals surface area contributed by atoms with E-state index in [-0.39, 0.29) is 5.82 Å². The molecule has 0 aliphatic carbocycles. The van der Waals surface area contributed by atoms with Crippen molar-refractivity contribution in [2.75, 3.05) is 6.61 Å². The number of benzene rings is 2.